The van der Waals surface area contributed by atoms with Crippen molar-refractivity contribution in [2.45, 2.75) is 19.0 Å². The van der Waals surface area contributed by atoms with Crippen LogP contribution in [0, 0.1) is 6.92 Å². The number of anilines is 1. The van der Waals surface area contributed by atoms with E-state index in [0.29, 0.717) is 25.3 Å². The number of ether oxygens (including phenoxy) is 1. The minimum Gasteiger partial charge on any atom is -0.381 e. The molecule has 1 atom stereocenters. The largest absolute Gasteiger partial charge is 0.381 e. The molecular formula is C12H16FN5O. The van der Waals surface area contributed by atoms with Crippen LogP contribution in [0.2, 0.25) is 0 Å². The van der Waals surface area contributed by atoms with Gasteiger partial charge in [-0.3, -0.25) is 0 Å². The van der Waals surface area contributed by atoms with E-state index in [1.54, 1.807) is 4.52 Å². The second-order valence-electron chi connectivity index (χ2n) is 4.98. The van der Waals surface area contributed by atoms with Gasteiger partial charge in [-0.15, -0.1) is 0 Å². The number of methoxy groups -OCH3 is 1. The highest BCUT2D eigenvalue weighted by Crippen LogP contribution is 2.30. The fourth-order valence-corrected chi connectivity index (χ4v) is 2.54. The van der Waals surface area contributed by atoms with Gasteiger partial charge in [0.05, 0.1) is 13.2 Å². The highest BCUT2D eigenvalue weighted by atomic mass is 19.1. The average Bonchev–Trinajstić information content (AvgIpc) is 2.95. The van der Waals surface area contributed by atoms with E-state index < -0.39 is 5.67 Å². The maximum Gasteiger partial charge on any atom is 0.254 e. The fourth-order valence-electron chi connectivity index (χ4n) is 2.54. The predicted molar refractivity (Wildman–Crippen MR) is 68.1 cm³/mol. The molecule has 0 aromatic carbocycles. The van der Waals surface area contributed by atoms with Gasteiger partial charge in [-0.25, -0.2) is 9.37 Å². The molecule has 0 bridgehead atoms. The van der Waals surface area contributed by atoms with Crippen LogP contribution < -0.4 is 4.90 Å². The molecule has 0 saturated carbocycles. The molecule has 0 amide bonds. The van der Waals surface area contributed by atoms with E-state index in [4.69, 9.17) is 4.74 Å². The third-order valence-electron chi connectivity index (χ3n) is 3.39. The van der Waals surface area contributed by atoms with E-state index in [9.17, 15) is 4.39 Å². The molecule has 19 heavy (non-hydrogen) atoms. The van der Waals surface area contributed by atoms with Crippen molar-refractivity contribution < 1.29 is 9.13 Å². The van der Waals surface area contributed by atoms with Gasteiger partial charge in [-0.05, 0) is 6.92 Å². The lowest BCUT2D eigenvalue weighted by molar-refractivity contribution is 0.0570. The van der Waals surface area contributed by atoms with Crippen LogP contribution in [0.15, 0.2) is 12.4 Å². The van der Waals surface area contributed by atoms with Crippen LogP contribution in [0.4, 0.5) is 10.2 Å². The van der Waals surface area contributed by atoms with Crippen LogP contribution in [0.5, 0.6) is 0 Å². The second-order valence-corrected chi connectivity index (χ2v) is 4.98. The summed E-state index contributed by atoms with van der Waals surface area (Å²) in [5.41, 5.74) is -0.447. The SMILES string of the molecule is COCC1(F)CCN(c2cc(C)nc3ncnn23)C1. The molecular weight excluding hydrogens is 249 g/mol. The minimum absolute atomic E-state index is 0.119. The van der Waals surface area contributed by atoms with Crippen LogP contribution in [-0.2, 0) is 4.74 Å². The Morgan fingerprint density at radius 3 is 3.16 bits per heavy atom. The van der Waals surface area contributed by atoms with Crippen LogP contribution >= 0.6 is 0 Å². The van der Waals surface area contributed by atoms with Crippen molar-refractivity contribution in [3.63, 3.8) is 0 Å². The van der Waals surface area contributed by atoms with Crippen molar-refractivity contribution >= 4 is 11.6 Å². The summed E-state index contributed by atoms with van der Waals surface area (Å²) in [4.78, 5) is 10.3. The number of aryl methyl sites for hydroxylation is 1. The Balaban J connectivity index is 1.95. The lowest BCUT2D eigenvalue weighted by Crippen LogP contribution is -2.34. The summed E-state index contributed by atoms with van der Waals surface area (Å²) < 4.78 is 21.1. The molecule has 0 aliphatic carbocycles. The highest BCUT2D eigenvalue weighted by Gasteiger charge is 2.39. The standard InChI is InChI=1S/C12H16FN5O/c1-9-5-10(18-11(16-9)14-8-15-18)17-4-3-12(13,6-17)7-19-2/h5,8H,3-4,6-7H2,1-2H3. The summed E-state index contributed by atoms with van der Waals surface area (Å²) in [7, 11) is 1.52. The number of hydrogen-bond donors (Lipinski definition) is 0. The van der Waals surface area contributed by atoms with E-state index in [2.05, 4.69) is 15.1 Å². The van der Waals surface area contributed by atoms with Gasteiger partial charge < -0.3 is 9.64 Å². The van der Waals surface area contributed by atoms with Crippen molar-refractivity contribution in [1.29, 1.82) is 0 Å². The molecule has 3 rings (SSSR count). The first kappa shape index (κ1) is 12.3. The zero-order valence-electron chi connectivity index (χ0n) is 11.0. The van der Waals surface area contributed by atoms with Crippen LogP contribution in [0.1, 0.15) is 12.1 Å². The Morgan fingerprint density at radius 1 is 1.53 bits per heavy atom. The fraction of sp³-hybridized carbons (Fsp3) is 0.583. The smallest absolute Gasteiger partial charge is 0.254 e. The van der Waals surface area contributed by atoms with Crippen molar-refractivity contribution in [3.8, 4) is 0 Å². The number of hydrogen-bond acceptors (Lipinski definition) is 5. The molecule has 1 aliphatic rings. The number of fused-ring (bicyclic) bond motifs is 1. The van der Waals surface area contributed by atoms with E-state index >= 15 is 0 Å². The average molecular weight is 265 g/mol. The molecule has 102 valence electrons. The molecule has 1 unspecified atom stereocenters. The predicted octanol–water partition coefficient (Wildman–Crippen LogP) is 0.998. The highest BCUT2D eigenvalue weighted by molar-refractivity contribution is 5.48. The van der Waals surface area contributed by atoms with Crippen molar-refractivity contribution in [3.05, 3.63) is 18.1 Å². The molecule has 2 aromatic heterocycles. The number of aromatic nitrogens is 4. The third kappa shape index (κ3) is 2.14. The summed E-state index contributed by atoms with van der Waals surface area (Å²) in [5.74, 6) is 1.37. The first-order chi connectivity index (χ1) is 9.11. The quantitative estimate of drug-likeness (QED) is 0.828. The zero-order chi connectivity index (χ0) is 13.5. The third-order valence-corrected chi connectivity index (χ3v) is 3.39. The number of halogens is 1. The first-order valence-electron chi connectivity index (χ1n) is 6.21. The maximum atomic E-state index is 14.4. The van der Waals surface area contributed by atoms with Gasteiger partial charge >= 0.3 is 0 Å². The molecule has 0 N–H and O–H groups in total. The maximum absolute atomic E-state index is 14.4. The van der Waals surface area contributed by atoms with E-state index in [-0.39, 0.29) is 6.61 Å². The number of rotatable bonds is 3. The summed E-state index contributed by atoms with van der Waals surface area (Å²) in [6.07, 6.45) is 1.91. The summed E-state index contributed by atoms with van der Waals surface area (Å²) >= 11 is 0. The van der Waals surface area contributed by atoms with Gasteiger partial charge in [0.15, 0.2) is 5.67 Å². The topological polar surface area (TPSA) is 55.5 Å². The molecule has 0 radical (unpaired) electrons. The summed E-state index contributed by atoms with van der Waals surface area (Å²) in [5, 5.41) is 4.15. The van der Waals surface area contributed by atoms with Crippen LogP contribution in [-0.4, -0.2) is 52.1 Å². The van der Waals surface area contributed by atoms with Crippen LogP contribution in [0.25, 0.3) is 5.78 Å². The van der Waals surface area contributed by atoms with E-state index in [1.165, 1.54) is 13.4 Å². The lowest BCUT2D eigenvalue weighted by atomic mass is 10.1. The van der Waals surface area contributed by atoms with Crippen LogP contribution in [0.3, 0.4) is 0 Å². The molecule has 2 aromatic rings. The Labute approximate surface area is 110 Å². The van der Waals surface area contributed by atoms with Gasteiger partial charge in [0, 0.05) is 31.8 Å². The lowest BCUT2D eigenvalue weighted by Gasteiger charge is -2.22. The number of nitrogens with zero attached hydrogens (tertiary/aromatic N) is 5. The summed E-state index contributed by atoms with van der Waals surface area (Å²) in [6, 6.07) is 1.90. The molecule has 7 heteroatoms. The zero-order valence-corrected chi connectivity index (χ0v) is 11.0. The van der Waals surface area contributed by atoms with Gasteiger partial charge in [0.1, 0.15) is 12.1 Å². The first-order valence-corrected chi connectivity index (χ1v) is 6.21. The summed E-state index contributed by atoms with van der Waals surface area (Å²) in [6.45, 7) is 2.96. The second kappa shape index (κ2) is 4.41. The molecule has 0 spiro atoms. The Hall–Kier alpha value is -1.76. The Kier molecular flexibility index (Phi) is 2.85. The van der Waals surface area contributed by atoms with Gasteiger partial charge in [0.2, 0.25) is 0 Å². The monoisotopic (exact) mass is 265 g/mol. The van der Waals surface area contributed by atoms with E-state index in [1.807, 2.05) is 17.9 Å². The van der Waals surface area contributed by atoms with Gasteiger partial charge in [-0.1, -0.05) is 0 Å². The molecule has 6 nitrogen and oxygen atoms in total. The van der Waals surface area contributed by atoms with Gasteiger partial charge in [-0.2, -0.15) is 14.6 Å². The molecule has 1 aliphatic heterocycles. The number of alkyl halides is 1. The van der Waals surface area contributed by atoms with E-state index in [0.717, 1.165) is 11.5 Å². The Morgan fingerprint density at radius 2 is 2.37 bits per heavy atom. The Bertz CT molecular complexity index is 601. The molecule has 3 heterocycles. The normalized spacial score (nSPS) is 23.4. The van der Waals surface area contributed by atoms with Crippen molar-refractivity contribution in [2.24, 2.45) is 0 Å². The minimum atomic E-state index is -1.29. The molecule has 1 fully saturated rings. The molecule has 1 saturated heterocycles. The van der Waals surface area contributed by atoms with Gasteiger partial charge in [0.25, 0.3) is 5.78 Å². The van der Waals surface area contributed by atoms with Crippen molar-refractivity contribution in [1.82, 2.24) is 19.6 Å². The van der Waals surface area contributed by atoms with Crippen molar-refractivity contribution in [2.75, 3.05) is 31.7 Å².